The van der Waals surface area contributed by atoms with Gasteiger partial charge in [-0.2, -0.15) is 0 Å². The smallest absolute Gasteiger partial charge is 0.180 e. The average Bonchev–Trinajstić information content (AvgIpc) is 2.47. The summed E-state index contributed by atoms with van der Waals surface area (Å²) in [5.74, 6) is 1.40. The van der Waals surface area contributed by atoms with Crippen LogP contribution in [0, 0.1) is 5.92 Å². The van der Waals surface area contributed by atoms with Crippen LogP contribution < -0.4 is 14.8 Å². The second kappa shape index (κ2) is 5.85. The third-order valence-corrected chi connectivity index (χ3v) is 5.21. The van der Waals surface area contributed by atoms with Crippen LogP contribution in [0.1, 0.15) is 18.4 Å². The zero-order chi connectivity index (χ0) is 14.9. The molecule has 1 saturated heterocycles. The van der Waals surface area contributed by atoms with Gasteiger partial charge >= 0.3 is 0 Å². The van der Waals surface area contributed by atoms with Crippen LogP contribution in [-0.2, 0) is 16.3 Å². The first kappa shape index (κ1) is 14.7. The van der Waals surface area contributed by atoms with E-state index in [2.05, 4.69) is 5.32 Å². The maximum atomic E-state index is 12.2. The van der Waals surface area contributed by atoms with E-state index in [0.29, 0.717) is 35.5 Å². The number of nitrogens with one attached hydrogen (secondary N) is 1. The van der Waals surface area contributed by atoms with Gasteiger partial charge in [-0.1, -0.05) is 6.07 Å². The second-order valence-corrected chi connectivity index (χ2v) is 7.72. The van der Waals surface area contributed by atoms with Gasteiger partial charge in [0.25, 0.3) is 0 Å². The third kappa shape index (κ3) is 3.16. The molecule has 21 heavy (non-hydrogen) atoms. The molecule has 1 N–H and O–H groups in total. The van der Waals surface area contributed by atoms with Crippen molar-refractivity contribution >= 4 is 9.84 Å². The van der Waals surface area contributed by atoms with Crippen molar-refractivity contribution in [3.05, 3.63) is 17.7 Å². The van der Waals surface area contributed by atoms with E-state index in [1.54, 1.807) is 0 Å². The van der Waals surface area contributed by atoms with Crippen LogP contribution in [0.3, 0.4) is 0 Å². The minimum atomic E-state index is -3.35. The van der Waals surface area contributed by atoms with Crippen LogP contribution in [0.5, 0.6) is 11.5 Å². The fourth-order valence-electron chi connectivity index (χ4n) is 3.11. The minimum absolute atomic E-state index is 0.310. The van der Waals surface area contributed by atoms with E-state index in [0.717, 1.165) is 37.9 Å². The molecular formula is C15H21NO4S. The second-order valence-electron chi connectivity index (χ2n) is 5.77. The predicted octanol–water partition coefficient (Wildman–Crippen LogP) is 1.40. The Morgan fingerprint density at radius 2 is 2.10 bits per heavy atom. The van der Waals surface area contributed by atoms with Crippen molar-refractivity contribution < 1.29 is 17.9 Å². The molecule has 1 fully saturated rings. The van der Waals surface area contributed by atoms with Crippen molar-refractivity contribution in [2.45, 2.75) is 24.2 Å². The molecule has 2 aliphatic rings. The van der Waals surface area contributed by atoms with Gasteiger partial charge in [-0.05, 0) is 49.9 Å². The molecule has 5 nitrogen and oxygen atoms in total. The predicted molar refractivity (Wildman–Crippen MR) is 79.8 cm³/mol. The Labute approximate surface area is 125 Å². The highest BCUT2D eigenvalue weighted by Gasteiger charge is 2.27. The van der Waals surface area contributed by atoms with E-state index < -0.39 is 9.84 Å². The molecule has 116 valence electrons. The molecule has 0 bridgehead atoms. The molecule has 1 atom stereocenters. The lowest BCUT2D eigenvalue weighted by Gasteiger charge is -2.26. The van der Waals surface area contributed by atoms with Crippen molar-refractivity contribution in [3.63, 3.8) is 0 Å². The summed E-state index contributed by atoms with van der Waals surface area (Å²) >= 11 is 0. The lowest BCUT2D eigenvalue weighted by atomic mass is 9.92. The Morgan fingerprint density at radius 3 is 2.81 bits per heavy atom. The molecule has 0 aliphatic carbocycles. The molecular weight excluding hydrogens is 290 g/mol. The third-order valence-electron chi connectivity index (χ3n) is 4.02. The summed E-state index contributed by atoms with van der Waals surface area (Å²) in [7, 11) is -3.35. The molecule has 0 radical (unpaired) electrons. The van der Waals surface area contributed by atoms with Gasteiger partial charge in [-0.3, -0.25) is 0 Å². The quantitative estimate of drug-likeness (QED) is 0.914. The molecule has 0 saturated carbocycles. The molecule has 1 aromatic carbocycles. The number of sulfone groups is 1. The molecule has 0 spiro atoms. The first-order valence-corrected chi connectivity index (χ1v) is 9.27. The van der Waals surface area contributed by atoms with Gasteiger partial charge < -0.3 is 14.8 Å². The molecule has 0 amide bonds. The SMILES string of the molecule is CS(=O)(=O)c1c(CC2CCCNC2)ccc2c1OCCO2. The van der Waals surface area contributed by atoms with Crippen molar-refractivity contribution in [3.8, 4) is 11.5 Å². The summed E-state index contributed by atoms with van der Waals surface area (Å²) in [6, 6.07) is 3.70. The normalized spacial score (nSPS) is 22.0. The summed E-state index contributed by atoms with van der Waals surface area (Å²) < 4.78 is 35.5. The van der Waals surface area contributed by atoms with Gasteiger partial charge in [-0.25, -0.2) is 8.42 Å². The zero-order valence-corrected chi connectivity index (χ0v) is 13.0. The summed E-state index contributed by atoms with van der Waals surface area (Å²) in [6.07, 6.45) is 4.27. The largest absolute Gasteiger partial charge is 0.486 e. The topological polar surface area (TPSA) is 64.6 Å². The van der Waals surface area contributed by atoms with Gasteiger partial charge in [0.2, 0.25) is 0 Å². The fraction of sp³-hybridized carbons (Fsp3) is 0.600. The molecule has 1 unspecified atom stereocenters. The number of rotatable bonds is 3. The standard InChI is InChI=1S/C15H21NO4S/c1-21(17,18)15-12(9-11-3-2-6-16-10-11)4-5-13-14(15)20-8-7-19-13/h4-5,11,16H,2-3,6-10H2,1H3. The molecule has 1 aromatic rings. The van der Waals surface area contributed by atoms with Gasteiger partial charge in [0, 0.05) is 6.26 Å². The van der Waals surface area contributed by atoms with E-state index in [-0.39, 0.29) is 0 Å². The van der Waals surface area contributed by atoms with Gasteiger partial charge in [0.05, 0.1) is 0 Å². The first-order valence-electron chi connectivity index (χ1n) is 7.38. The van der Waals surface area contributed by atoms with E-state index in [1.807, 2.05) is 12.1 Å². The molecule has 2 heterocycles. The van der Waals surface area contributed by atoms with Crippen molar-refractivity contribution in [2.75, 3.05) is 32.6 Å². The number of fused-ring (bicyclic) bond motifs is 1. The Morgan fingerprint density at radius 1 is 1.29 bits per heavy atom. The Bertz CT molecular complexity index is 621. The monoisotopic (exact) mass is 311 g/mol. The maximum Gasteiger partial charge on any atom is 0.180 e. The molecule has 3 rings (SSSR count). The molecule has 2 aliphatic heterocycles. The van der Waals surface area contributed by atoms with E-state index in [9.17, 15) is 8.42 Å². The fourth-order valence-corrected chi connectivity index (χ4v) is 4.23. The lowest BCUT2D eigenvalue weighted by molar-refractivity contribution is 0.166. The van der Waals surface area contributed by atoms with Gasteiger partial charge in [0.1, 0.15) is 18.1 Å². The van der Waals surface area contributed by atoms with Crippen LogP contribution in [0.15, 0.2) is 17.0 Å². The number of piperidine rings is 1. The molecule has 6 heteroatoms. The van der Waals surface area contributed by atoms with E-state index in [1.165, 1.54) is 6.26 Å². The first-order chi connectivity index (χ1) is 10.1. The number of hydrogen-bond acceptors (Lipinski definition) is 5. The number of benzene rings is 1. The minimum Gasteiger partial charge on any atom is -0.486 e. The average molecular weight is 311 g/mol. The number of hydrogen-bond donors (Lipinski definition) is 1. The van der Waals surface area contributed by atoms with Crippen LogP contribution in [0.2, 0.25) is 0 Å². The summed E-state index contributed by atoms with van der Waals surface area (Å²) in [5.41, 5.74) is 0.843. The van der Waals surface area contributed by atoms with Crippen LogP contribution in [0.25, 0.3) is 0 Å². The highest BCUT2D eigenvalue weighted by Crippen LogP contribution is 2.39. The zero-order valence-electron chi connectivity index (χ0n) is 12.2. The van der Waals surface area contributed by atoms with Crippen molar-refractivity contribution in [1.29, 1.82) is 0 Å². The van der Waals surface area contributed by atoms with E-state index >= 15 is 0 Å². The summed E-state index contributed by atoms with van der Waals surface area (Å²) in [6.45, 7) is 2.85. The van der Waals surface area contributed by atoms with E-state index in [4.69, 9.17) is 9.47 Å². The van der Waals surface area contributed by atoms with Crippen LogP contribution >= 0.6 is 0 Å². The van der Waals surface area contributed by atoms with Gasteiger partial charge in [0.15, 0.2) is 21.3 Å². The number of ether oxygens (including phenoxy) is 2. The van der Waals surface area contributed by atoms with Gasteiger partial charge in [-0.15, -0.1) is 0 Å². The highest BCUT2D eigenvalue weighted by atomic mass is 32.2. The Kier molecular flexibility index (Phi) is 4.08. The highest BCUT2D eigenvalue weighted by molar-refractivity contribution is 7.90. The van der Waals surface area contributed by atoms with Crippen molar-refractivity contribution in [1.82, 2.24) is 5.32 Å². The van der Waals surface area contributed by atoms with Crippen molar-refractivity contribution in [2.24, 2.45) is 5.92 Å². The molecule has 0 aromatic heterocycles. The maximum absolute atomic E-state index is 12.2. The summed E-state index contributed by atoms with van der Waals surface area (Å²) in [4.78, 5) is 0.310. The van der Waals surface area contributed by atoms with Crippen LogP contribution in [0.4, 0.5) is 0 Å². The lowest BCUT2D eigenvalue weighted by Crippen LogP contribution is -2.31. The van der Waals surface area contributed by atoms with Crippen LogP contribution in [-0.4, -0.2) is 41.0 Å². The Balaban J connectivity index is 1.99. The summed E-state index contributed by atoms with van der Waals surface area (Å²) in [5, 5.41) is 3.37. The Hall–Kier alpha value is -1.27.